The van der Waals surface area contributed by atoms with Crippen LogP contribution in [0.4, 0.5) is 11.4 Å². The molecule has 9 aromatic rings. The lowest BCUT2D eigenvalue weighted by Crippen LogP contribution is -2.03. The van der Waals surface area contributed by atoms with E-state index in [0.717, 1.165) is 89.6 Å². The van der Waals surface area contributed by atoms with E-state index in [0.29, 0.717) is 0 Å². The summed E-state index contributed by atoms with van der Waals surface area (Å²) in [7, 11) is 0. The molecule has 0 spiro atoms. The van der Waals surface area contributed by atoms with Gasteiger partial charge in [-0.3, -0.25) is 0 Å². The summed E-state index contributed by atoms with van der Waals surface area (Å²) in [4.78, 5) is 11.3. The van der Waals surface area contributed by atoms with Gasteiger partial charge in [-0.15, -0.1) is 0 Å². The molecule has 2 aliphatic rings. The van der Waals surface area contributed by atoms with Crippen LogP contribution in [0.1, 0.15) is 44.5 Å². The van der Waals surface area contributed by atoms with Crippen LogP contribution in [0.5, 0.6) is 0 Å². The molecule has 0 saturated heterocycles. The summed E-state index contributed by atoms with van der Waals surface area (Å²) in [5.41, 5.74) is 21.7. The van der Waals surface area contributed by atoms with Crippen molar-refractivity contribution in [2.75, 3.05) is 0 Å². The summed E-state index contributed by atoms with van der Waals surface area (Å²) < 4.78 is 0. The van der Waals surface area contributed by atoms with E-state index >= 15 is 0 Å². The molecule has 0 saturated carbocycles. The fourth-order valence-electron chi connectivity index (χ4n) is 9.42. The molecular formula is C64H44N2. The zero-order valence-electron chi connectivity index (χ0n) is 36.3. The van der Waals surface area contributed by atoms with Gasteiger partial charge in [-0.2, -0.15) is 0 Å². The van der Waals surface area contributed by atoms with Crippen LogP contribution in [-0.2, 0) is 0 Å². The quantitative estimate of drug-likeness (QED) is 0.131. The first kappa shape index (κ1) is 40.1. The van der Waals surface area contributed by atoms with Crippen molar-refractivity contribution in [3.63, 3.8) is 0 Å². The second kappa shape index (κ2) is 18.2. The third-order valence-electron chi connectivity index (χ3n) is 12.3. The first-order valence-corrected chi connectivity index (χ1v) is 22.5. The highest BCUT2D eigenvalue weighted by molar-refractivity contribution is 6.62. The van der Waals surface area contributed by atoms with Crippen molar-refractivity contribution >= 4 is 67.4 Å². The Morgan fingerprint density at radius 2 is 0.303 bits per heavy atom. The molecule has 66 heavy (non-hydrogen) atoms. The van der Waals surface area contributed by atoms with Gasteiger partial charge in [0.2, 0.25) is 0 Å². The van der Waals surface area contributed by atoms with Crippen molar-refractivity contribution in [1.82, 2.24) is 0 Å². The molecule has 0 amide bonds. The van der Waals surface area contributed by atoms with Gasteiger partial charge in [0.15, 0.2) is 0 Å². The van der Waals surface area contributed by atoms with Gasteiger partial charge < -0.3 is 0 Å². The summed E-state index contributed by atoms with van der Waals surface area (Å²) in [6, 6.07) is 94.3. The number of nitrogens with zero attached hydrogens (tertiary/aromatic N) is 2. The van der Waals surface area contributed by atoms with Crippen LogP contribution < -0.4 is 0 Å². The molecule has 310 valence electrons. The minimum atomic E-state index is 0.844. The van der Waals surface area contributed by atoms with Crippen LogP contribution in [0.25, 0.3) is 44.6 Å². The molecule has 0 N–H and O–H groups in total. The Balaban J connectivity index is 1.13. The van der Waals surface area contributed by atoms with Gasteiger partial charge in [0.05, 0.1) is 22.8 Å². The third kappa shape index (κ3) is 7.72. The molecule has 0 atom stereocenters. The lowest BCUT2D eigenvalue weighted by atomic mass is 9.89. The molecule has 0 fully saturated rings. The van der Waals surface area contributed by atoms with Gasteiger partial charge >= 0.3 is 0 Å². The average Bonchev–Trinajstić information content (AvgIpc) is 3.92. The average molecular weight is 841 g/mol. The van der Waals surface area contributed by atoms with Crippen molar-refractivity contribution in [3.8, 4) is 0 Å². The maximum Gasteiger partial charge on any atom is 0.0806 e. The number of hydrogen-bond acceptors (Lipinski definition) is 2. The van der Waals surface area contributed by atoms with Gasteiger partial charge in [0.1, 0.15) is 0 Å². The second-order valence-corrected chi connectivity index (χ2v) is 16.4. The largest absolute Gasteiger partial charge is 0.248 e. The Hall–Kier alpha value is -8.72. The van der Waals surface area contributed by atoms with E-state index in [1.807, 2.05) is 0 Å². The zero-order chi connectivity index (χ0) is 44.1. The predicted molar refractivity (Wildman–Crippen MR) is 279 cm³/mol. The number of aliphatic imine (C=N–C) groups is 2. The summed E-state index contributed by atoms with van der Waals surface area (Å²) in [6.45, 7) is 0. The van der Waals surface area contributed by atoms with Crippen LogP contribution in [0.15, 0.2) is 277 Å². The summed E-state index contributed by atoms with van der Waals surface area (Å²) in [5.74, 6) is 0. The Labute approximate surface area is 387 Å². The smallest absolute Gasteiger partial charge is 0.0806 e. The normalized spacial score (nSPS) is 13.8. The highest BCUT2D eigenvalue weighted by Gasteiger charge is 2.35. The molecular weight excluding hydrogens is 797 g/mol. The predicted octanol–water partition coefficient (Wildman–Crippen LogP) is 16.3. The van der Waals surface area contributed by atoms with Gasteiger partial charge in [0, 0.05) is 44.6 Å². The fraction of sp³-hybridized carbons (Fsp3) is 0. The van der Waals surface area contributed by atoms with Gasteiger partial charge in [-0.1, -0.05) is 243 Å². The summed E-state index contributed by atoms with van der Waals surface area (Å²) >= 11 is 0. The highest BCUT2D eigenvalue weighted by atomic mass is 14.8. The van der Waals surface area contributed by atoms with Crippen LogP contribution >= 0.6 is 0 Å². The standard InChI is InChI=1S/C64H44N2/c1-9-25-45(26-10-1)55-56(46-27-11-2-12-28-46)60(50-35-19-6-20-36-50)63(59(55)49-33-17-5-18-34-49)65-53-41-43-54(44-42-53)66-64-61(51-37-21-7-22-38-51)57(47-29-13-3-14-30-47)58(48-31-15-4-16-32-48)62(64)52-39-23-8-24-40-52/h1-44H. The monoisotopic (exact) mass is 840 g/mol. The van der Waals surface area contributed by atoms with Crippen LogP contribution in [-0.4, -0.2) is 11.4 Å². The molecule has 2 nitrogen and oxygen atoms in total. The topological polar surface area (TPSA) is 24.7 Å². The molecule has 0 unspecified atom stereocenters. The van der Waals surface area contributed by atoms with Crippen molar-refractivity contribution in [2.45, 2.75) is 0 Å². The van der Waals surface area contributed by atoms with Crippen molar-refractivity contribution < 1.29 is 0 Å². The number of rotatable bonds is 10. The summed E-state index contributed by atoms with van der Waals surface area (Å²) in [6.07, 6.45) is 0. The highest BCUT2D eigenvalue weighted by Crippen LogP contribution is 2.52. The van der Waals surface area contributed by atoms with E-state index in [2.05, 4.69) is 267 Å². The Morgan fingerprint density at radius 3 is 0.470 bits per heavy atom. The maximum atomic E-state index is 5.66. The van der Waals surface area contributed by atoms with E-state index in [9.17, 15) is 0 Å². The van der Waals surface area contributed by atoms with E-state index < -0.39 is 0 Å². The van der Waals surface area contributed by atoms with Crippen molar-refractivity contribution in [3.05, 3.63) is 311 Å². The SMILES string of the molecule is c1ccc(C2=C(c3ccccc3)C(c3ccccc3)=C(c3ccccc3)C2=Nc2ccc(N=C3C(c4ccccc4)=C(c4ccccc4)C(c4ccccc4)=C3c3ccccc3)cc2)cc1. The van der Waals surface area contributed by atoms with E-state index in [-0.39, 0.29) is 0 Å². The van der Waals surface area contributed by atoms with Gasteiger partial charge in [-0.25, -0.2) is 9.98 Å². The fourth-order valence-corrected chi connectivity index (χ4v) is 9.42. The third-order valence-corrected chi connectivity index (χ3v) is 12.3. The zero-order valence-corrected chi connectivity index (χ0v) is 36.3. The lowest BCUT2D eigenvalue weighted by molar-refractivity contribution is 1.47. The van der Waals surface area contributed by atoms with Crippen LogP contribution in [0.3, 0.4) is 0 Å². The molecule has 0 radical (unpaired) electrons. The number of benzene rings is 9. The second-order valence-electron chi connectivity index (χ2n) is 16.4. The Morgan fingerprint density at radius 1 is 0.152 bits per heavy atom. The molecule has 2 aliphatic carbocycles. The molecule has 2 heteroatoms. The minimum absolute atomic E-state index is 0.844. The molecule has 11 rings (SSSR count). The first-order chi connectivity index (χ1) is 32.8. The Bertz CT molecular complexity index is 2920. The number of hydrogen-bond donors (Lipinski definition) is 0. The van der Waals surface area contributed by atoms with E-state index in [4.69, 9.17) is 9.98 Å². The first-order valence-electron chi connectivity index (χ1n) is 22.5. The molecule has 0 aliphatic heterocycles. The van der Waals surface area contributed by atoms with Crippen LogP contribution in [0.2, 0.25) is 0 Å². The molecule has 0 heterocycles. The molecule has 9 aromatic carbocycles. The van der Waals surface area contributed by atoms with Crippen molar-refractivity contribution in [2.24, 2.45) is 9.98 Å². The summed E-state index contributed by atoms with van der Waals surface area (Å²) in [5, 5.41) is 0. The van der Waals surface area contributed by atoms with Crippen molar-refractivity contribution in [1.29, 1.82) is 0 Å². The van der Waals surface area contributed by atoms with Gasteiger partial charge in [-0.05, 0) is 68.8 Å². The lowest BCUT2D eigenvalue weighted by Gasteiger charge is -2.13. The maximum absolute atomic E-state index is 5.66. The minimum Gasteiger partial charge on any atom is -0.248 e. The van der Waals surface area contributed by atoms with Crippen LogP contribution in [0, 0.1) is 0 Å². The number of allylic oxidation sites excluding steroid dienone is 8. The molecule has 0 bridgehead atoms. The Kier molecular flexibility index (Phi) is 11.0. The molecule has 0 aromatic heterocycles. The van der Waals surface area contributed by atoms with Gasteiger partial charge in [0.25, 0.3) is 0 Å². The van der Waals surface area contributed by atoms with E-state index in [1.54, 1.807) is 0 Å². The van der Waals surface area contributed by atoms with E-state index in [1.165, 1.54) is 22.3 Å².